The standard InChI is InChI=1S/C15H33N3O/c1-6-17(7-2)10-9-11-18(8-3)15(19)14(12-16)13(4)5/h13-14H,6-12,16H2,1-5H3. The smallest absolute Gasteiger partial charge is 0.227 e. The molecule has 0 aromatic heterocycles. The van der Waals surface area contributed by atoms with Crippen molar-refractivity contribution in [3.63, 3.8) is 0 Å². The summed E-state index contributed by atoms with van der Waals surface area (Å²) in [6, 6.07) is 0. The van der Waals surface area contributed by atoms with Gasteiger partial charge in [0, 0.05) is 19.6 Å². The Balaban J connectivity index is 4.29. The van der Waals surface area contributed by atoms with E-state index in [4.69, 9.17) is 5.73 Å². The Hall–Kier alpha value is -0.610. The minimum absolute atomic E-state index is 0.0339. The molecule has 19 heavy (non-hydrogen) atoms. The summed E-state index contributed by atoms with van der Waals surface area (Å²) < 4.78 is 0. The first-order valence-corrected chi connectivity index (χ1v) is 7.72. The number of carbonyl (C=O) groups is 1. The molecule has 0 spiro atoms. The molecule has 0 bridgehead atoms. The summed E-state index contributed by atoms with van der Waals surface area (Å²) in [5, 5.41) is 0. The lowest BCUT2D eigenvalue weighted by molar-refractivity contribution is -0.136. The Morgan fingerprint density at radius 1 is 1.05 bits per heavy atom. The van der Waals surface area contributed by atoms with Gasteiger partial charge in [-0.15, -0.1) is 0 Å². The molecule has 114 valence electrons. The summed E-state index contributed by atoms with van der Waals surface area (Å²) in [5.74, 6) is 0.502. The Morgan fingerprint density at radius 2 is 1.63 bits per heavy atom. The van der Waals surface area contributed by atoms with Crippen LogP contribution in [0.15, 0.2) is 0 Å². The quantitative estimate of drug-likeness (QED) is 0.659. The molecule has 4 nitrogen and oxygen atoms in total. The van der Waals surface area contributed by atoms with E-state index in [1.54, 1.807) is 0 Å². The summed E-state index contributed by atoms with van der Waals surface area (Å²) in [5.41, 5.74) is 5.73. The molecule has 0 saturated carbocycles. The molecule has 4 heteroatoms. The highest BCUT2D eigenvalue weighted by atomic mass is 16.2. The van der Waals surface area contributed by atoms with Crippen LogP contribution in [0.2, 0.25) is 0 Å². The van der Waals surface area contributed by atoms with Crippen LogP contribution in [0, 0.1) is 11.8 Å². The van der Waals surface area contributed by atoms with Crippen LogP contribution in [0.5, 0.6) is 0 Å². The maximum atomic E-state index is 12.4. The average Bonchev–Trinajstić information content (AvgIpc) is 2.39. The highest BCUT2D eigenvalue weighted by Crippen LogP contribution is 2.13. The van der Waals surface area contributed by atoms with Crippen LogP contribution in [0.3, 0.4) is 0 Å². The summed E-state index contributed by atoms with van der Waals surface area (Å²) in [4.78, 5) is 16.7. The van der Waals surface area contributed by atoms with E-state index in [0.717, 1.165) is 39.1 Å². The predicted octanol–water partition coefficient (Wildman–Crippen LogP) is 1.80. The second-order valence-corrected chi connectivity index (χ2v) is 5.38. The minimum Gasteiger partial charge on any atom is -0.343 e. The molecule has 0 rings (SSSR count). The molecule has 1 amide bonds. The highest BCUT2D eigenvalue weighted by Gasteiger charge is 2.24. The van der Waals surface area contributed by atoms with Crippen molar-refractivity contribution in [2.24, 2.45) is 17.6 Å². The maximum absolute atomic E-state index is 12.4. The van der Waals surface area contributed by atoms with Gasteiger partial charge in [-0.05, 0) is 38.9 Å². The molecule has 0 aliphatic heterocycles. The Labute approximate surface area is 119 Å². The highest BCUT2D eigenvalue weighted by molar-refractivity contribution is 5.79. The number of rotatable bonds is 10. The first-order chi connectivity index (χ1) is 9.01. The van der Waals surface area contributed by atoms with Crippen LogP contribution < -0.4 is 5.73 Å². The second-order valence-electron chi connectivity index (χ2n) is 5.38. The van der Waals surface area contributed by atoms with Gasteiger partial charge in [0.2, 0.25) is 5.91 Å². The van der Waals surface area contributed by atoms with E-state index in [9.17, 15) is 4.79 Å². The summed E-state index contributed by atoms with van der Waals surface area (Å²) in [6.07, 6.45) is 1.04. The van der Waals surface area contributed by atoms with Crippen LogP contribution in [-0.4, -0.2) is 55.0 Å². The summed E-state index contributed by atoms with van der Waals surface area (Å²) in [7, 11) is 0. The molecule has 1 atom stereocenters. The molecule has 0 aliphatic carbocycles. The fourth-order valence-electron chi connectivity index (χ4n) is 2.34. The number of carbonyl (C=O) groups excluding carboxylic acids is 1. The molecule has 0 aromatic rings. The molecule has 2 N–H and O–H groups in total. The monoisotopic (exact) mass is 271 g/mol. The van der Waals surface area contributed by atoms with Crippen molar-refractivity contribution in [2.45, 2.75) is 41.0 Å². The number of nitrogens with two attached hydrogens (primary N) is 1. The van der Waals surface area contributed by atoms with Gasteiger partial charge in [-0.3, -0.25) is 4.79 Å². The van der Waals surface area contributed by atoms with Crippen molar-refractivity contribution in [2.75, 3.05) is 39.3 Å². The van der Waals surface area contributed by atoms with E-state index >= 15 is 0 Å². The Bertz CT molecular complexity index is 240. The van der Waals surface area contributed by atoms with E-state index in [2.05, 4.69) is 32.6 Å². The average molecular weight is 271 g/mol. The van der Waals surface area contributed by atoms with Gasteiger partial charge in [0.25, 0.3) is 0 Å². The van der Waals surface area contributed by atoms with Crippen LogP contribution in [0.25, 0.3) is 0 Å². The van der Waals surface area contributed by atoms with E-state index in [1.165, 1.54) is 0 Å². The van der Waals surface area contributed by atoms with E-state index in [-0.39, 0.29) is 11.8 Å². The Morgan fingerprint density at radius 3 is 2.00 bits per heavy atom. The van der Waals surface area contributed by atoms with Crippen molar-refractivity contribution in [1.82, 2.24) is 9.80 Å². The molecule has 0 aliphatic rings. The van der Waals surface area contributed by atoms with Gasteiger partial charge in [0.05, 0.1) is 5.92 Å². The number of amides is 1. The largest absolute Gasteiger partial charge is 0.343 e. The van der Waals surface area contributed by atoms with Crippen molar-refractivity contribution >= 4 is 5.91 Å². The third kappa shape index (κ3) is 6.39. The zero-order valence-corrected chi connectivity index (χ0v) is 13.5. The van der Waals surface area contributed by atoms with Crippen LogP contribution in [0.1, 0.15) is 41.0 Å². The molecule has 0 heterocycles. The molecule has 0 saturated heterocycles. The summed E-state index contributed by atoms with van der Waals surface area (Å²) in [6.45, 7) is 15.8. The lowest BCUT2D eigenvalue weighted by atomic mass is 9.94. The van der Waals surface area contributed by atoms with Gasteiger partial charge in [0.15, 0.2) is 0 Å². The zero-order valence-electron chi connectivity index (χ0n) is 13.5. The van der Waals surface area contributed by atoms with E-state index < -0.39 is 0 Å². The molecule has 0 radical (unpaired) electrons. The molecule has 0 aromatic carbocycles. The molecule has 1 unspecified atom stereocenters. The minimum atomic E-state index is -0.0339. The fourth-order valence-corrected chi connectivity index (χ4v) is 2.34. The number of nitrogens with zero attached hydrogens (tertiary/aromatic N) is 2. The maximum Gasteiger partial charge on any atom is 0.227 e. The van der Waals surface area contributed by atoms with Crippen LogP contribution in [0.4, 0.5) is 0 Å². The SMILES string of the molecule is CCN(CC)CCCN(CC)C(=O)C(CN)C(C)C. The van der Waals surface area contributed by atoms with Gasteiger partial charge in [-0.1, -0.05) is 27.7 Å². The third-order valence-electron chi connectivity index (χ3n) is 3.87. The van der Waals surface area contributed by atoms with Crippen LogP contribution >= 0.6 is 0 Å². The lowest BCUT2D eigenvalue weighted by Crippen LogP contribution is -2.42. The third-order valence-corrected chi connectivity index (χ3v) is 3.87. The van der Waals surface area contributed by atoms with Gasteiger partial charge in [-0.25, -0.2) is 0 Å². The van der Waals surface area contributed by atoms with Crippen molar-refractivity contribution < 1.29 is 4.79 Å². The Kier molecular flexibility index (Phi) is 9.88. The predicted molar refractivity (Wildman–Crippen MR) is 82.0 cm³/mol. The van der Waals surface area contributed by atoms with E-state index in [0.29, 0.717) is 12.5 Å². The molecule has 0 fully saturated rings. The normalized spacial score (nSPS) is 13.1. The molecular formula is C15H33N3O. The molecular weight excluding hydrogens is 238 g/mol. The first kappa shape index (κ1) is 18.4. The summed E-state index contributed by atoms with van der Waals surface area (Å²) >= 11 is 0. The zero-order chi connectivity index (χ0) is 14.8. The van der Waals surface area contributed by atoms with Crippen molar-refractivity contribution in [3.05, 3.63) is 0 Å². The fraction of sp³-hybridized carbons (Fsp3) is 0.933. The first-order valence-electron chi connectivity index (χ1n) is 7.72. The van der Waals surface area contributed by atoms with Gasteiger partial charge >= 0.3 is 0 Å². The van der Waals surface area contributed by atoms with E-state index in [1.807, 2.05) is 11.8 Å². The van der Waals surface area contributed by atoms with Gasteiger partial charge < -0.3 is 15.5 Å². The van der Waals surface area contributed by atoms with Crippen LogP contribution in [-0.2, 0) is 4.79 Å². The van der Waals surface area contributed by atoms with Gasteiger partial charge in [0.1, 0.15) is 0 Å². The lowest BCUT2D eigenvalue weighted by Gasteiger charge is -2.28. The number of hydrogen-bond acceptors (Lipinski definition) is 3. The van der Waals surface area contributed by atoms with Gasteiger partial charge in [-0.2, -0.15) is 0 Å². The number of hydrogen-bond donors (Lipinski definition) is 1. The van der Waals surface area contributed by atoms with Crippen molar-refractivity contribution in [3.8, 4) is 0 Å². The van der Waals surface area contributed by atoms with Crippen molar-refractivity contribution in [1.29, 1.82) is 0 Å². The second kappa shape index (κ2) is 10.2. The topological polar surface area (TPSA) is 49.6 Å².